The lowest BCUT2D eigenvalue weighted by molar-refractivity contribution is 0.304. The largest absolute Gasteiger partial charge is 0.485 e. The highest BCUT2D eigenvalue weighted by molar-refractivity contribution is 5.82. The normalized spacial score (nSPS) is 11.3. The second-order valence-electron chi connectivity index (χ2n) is 6.44. The average Bonchev–Trinajstić information content (AvgIpc) is 3.32. The van der Waals surface area contributed by atoms with E-state index >= 15 is 0 Å². The summed E-state index contributed by atoms with van der Waals surface area (Å²) in [4.78, 5) is 4.13. The fourth-order valence-corrected chi connectivity index (χ4v) is 3.26. The lowest BCUT2D eigenvalue weighted by Crippen LogP contribution is -2.04. The van der Waals surface area contributed by atoms with Crippen molar-refractivity contribution < 1.29 is 4.74 Å². The Balaban J connectivity index is 1.48. The molecule has 3 N–H and O–H groups in total. The summed E-state index contributed by atoms with van der Waals surface area (Å²) in [7, 11) is 0. The molecule has 138 valence electrons. The van der Waals surface area contributed by atoms with Crippen molar-refractivity contribution in [3.63, 3.8) is 0 Å². The summed E-state index contributed by atoms with van der Waals surface area (Å²) < 4.78 is 7.99. The number of aromatic amines is 1. The molecule has 8 nitrogen and oxygen atoms in total. The first-order valence-electron chi connectivity index (χ1n) is 8.86. The van der Waals surface area contributed by atoms with E-state index in [0.717, 1.165) is 16.6 Å². The van der Waals surface area contributed by atoms with Crippen LogP contribution in [0.15, 0.2) is 60.7 Å². The van der Waals surface area contributed by atoms with Crippen LogP contribution in [0.25, 0.3) is 22.1 Å². The molecule has 2 aromatic carbocycles. The van der Waals surface area contributed by atoms with Crippen LogP contribution in [0.5, 0.6) is 5.75 Å². The van der Waals surface area contributed by atoms with E-state index in [1.807, 2.05) is 35.0 Å². The van der Waals surface area contributed by atoms with Crippen molar-refractivity contribution in [3.05, 3.63) is 71.9 Å². The number of anilines is 1. The number of H-pyrrole nitrogens is 1. The third kappa shape index (κ3) is 2.90. The molecule has 0 aliphatic carbocycles. The zero-order chi connectivity index (χ0) is 18.9. The van der Waals surface area contributed by atoms with E-state index in [9.17, 15) is 0 Å². The molecule has 0 saturated heterocycles. The third-order valence-electron chi connectivity index (χ3n) is 4.55. The number of benzene rings is 2. The number of fused-ring (bicyclic) bond motifs is 2. The number of nitrogens with one attached hydrogen (secondary N) is 1. The Morgan fingerprint density at radius 1 is 1.00 bits per heavy atom. The number of aromatic nitrogens is 6. The number of pyridine rings is 1. The molecule has 0 fully saturated rings. The van der Waals surface area contributed by atoms with Crippen molar-refractivity contribution in [2.75, 3.05) is 5.73 Å². The van der Waals surface area contributed by atoms with Gasteiger partial charge in [0.2, 0.25) is 5.65 Å². The van der Waals surface area contributed by atoms with Gasteiger partial charge in [0.1, 0.15) is 18.1 Å². The maximum atomic E-state index is 6.00. The fourth-order valence-electron chi connectivity index (χ4n) is 3.26. The van der Waals surface area contributed by atoms with Crippen molar-refractivity contribution in [3.8, 4) is 5.75 Å². The van der Waals surface area contributed by atoms with E-state index < -0.39 is 0 Å². The number of nitrogen functional groups attached to an aromatic ring is 1. The number of nitrogens with two attached hydrogens (primary N) is 1. The molecule has 0 amide bonds. The predicted octanol–water partition coefficient (Wildman–Crippen LogP) is 2.91. The maximum Gasteiger partial charge on any atom is 0.207 e. The van der Waals surface area contributed by atoms with Crippen LogP contribution in [-0.4, -0.2) is 30.2 Å². The van der Waals surface area contributed by atoms with E-state index in [4.69, 9.17) is 15.6 Å². The van der Waals surface area contributed by atoms with Gasteiger partial charge in [0.15, 0.2) is 11.3 Å². The monoisotopic (exact) mass is 371 g/mol. The SMILES string of the molecule is Nc1cc(OCc2nn(Cc3ccccc3)c3ccccc23)c2n[nH]nc2n1. The lowest BCUT2D eigenvalue weighted by Gasteiger charge is -2.05. The van der Waals surface area contributed by atoms with Crippen LogP contribution in [0.4, 0.5) is 5.82 Å². The van der Waals surface area contributed by atoms with Crippen molar-refractivity contribution in [1.82, 2.24) is 30.2 Å². The average molecular weight is 371 g/mol. The minimum absolute atomic E-state index is 0.285. The molecular weight excluding hydrogens is 354 g/mol. The molecule has 0 bridgehead atoms. The molecule has 5 rings (SSSR count). The first-order valence-corrected chi connectivity index (χ1v) is 8.86. The summed E-state index contributed by atoms with van der Waals surface area (Å²) in [6.45, 7) is 0.977. The summed E-state index contributed by atoms with van der Waals surface area (Å²) in [5.41, 5.74) is 9.91. The number of hydrogen-bond acceptors (Lipinski definition) is 6. The van der Waals surface area contributed by atoms with Gasteiger partial charge in [-0.3, -0.25) is 4.68 Å². The van der Waals surface area contributed by atoms with Crippen LogP contribution in [0.3, 0.4) is 0 Å². The molecular formula is C20H17N7O. The summed E-state index contributed by atoms with van der Waals surface area (Å²) in [5, 5.41) is 16.4. The van der Waals surface area contributed by atoms with Crippen molar-refractivity contribution >= 4 is 27.9 Å². The van der Waals surface area contributed by atoms with E-state index in [0.29, 0.717) is 29.3 Å². The second kappa shape index (κ2) is 6.66. The van der Waals surface area contributed by atoms with Gasteiger partial charge in [-0.2, -0.15) is 15.4 Å². The van der Waals surface area contributed by atoms with Crippen LogP contribution in [0.2, 0.25) is 0 Å². The molecule has 0 radical (unpaired) electrons. The highest BCUT2D eigenvalue weighted by Gasteiger charge is 2.14. The Kier molecular flexibility index (Phi) is 3.86. The predicted molar refractivity (Wildman–Crippen MR) is 106 cm³/mol. The van der Waals surface area contributed by atoms with Gasteiger partial charge in [-0.1, -0.05) is 48.5 Å². The number of nitrogens with zero attached hydrogens (tertiary/aromatic N) is 5. The quantitative estimate of drug-likeness (QED) is 0.492. The van der Waals surface area contributed by atoms with Gasteiger partial charge in [-0.25, -0.2) is 4.98 Å². The first kappa shape index (κ1) is 16.2. The highest BCUT2D eigenvalue weighted by atomic mass is 16.5. The summed E-state index contributed by atoms with van der Waals surface area (Å²) in [6, 6.07) is 20.0. The molecule has 0 unspecified atom stereocenters. The van der Waals surface area contributed by atoms with Gasteiger partial charge >= 0.3 is 0 Å². The Morgan fingerprint density at radius 3 is 2.71 bits per heavy atom. The van der Waals surface area contributed by atoms with E-state index in [2.05, 4.69) is 44.7 Å². The van der Waals surface area contributed by atoms with Gasteiger partial charge in [-0.15, -0.1) is 5.10 Å². The van der Waals surface area contributed by atoms with Crippen LogP contribution in [0.1, 0.15) is 11.3 Å². The van der Waals surface area contributed by atoms with Crippen LogP contribution >= 0.6 is 0 Å². The highest BCUT2D eigenvalue weighted by Crippen LogP contribution is 2.26. The smallest absolute Gasteiger partial charge is 0.207 e. The number of hydrogen-bond donors (Lipinski definition) is 2. The Hall–Kier alpha value is -3.94. The summed E-state index contributed by atoms with van der Waals surface area (Å²) in [6.07, 6.45) is 0. The summed E-state index contributed by atoms with van der Waals surface area (Å²) in [5.74, 6) is 0.855. The van der Waals surface area contributed by atoms with Crippen molar-refractivity contribution in [2.24, 2.45) is 0 Å². The number of para-hydroxylation sites is 1. The topological polar surface area (TPSA) is 108 Å². The molecule has 0 saturated carbocycles. The number of ether oxygens (including phenoxy) is 1. The zero-order valence-electron chi connectivity index (χ0n) is 14.9. The molecule has 0 spiro atoms. The molecule has 0 aliphatic heterocycles. The van der Waals surface area contributed by atoms with Gasteiger partial charge in [0, 0.05) is 11.5 Å². The minimum atomic E-state index is 0.285. The maximum absolute atomic E-state index is 6.00. The van der Waals surface area contributed by atoms with E-state index in [1.54, 1.807) is 6.07 Å². The standard InChI is InChI=1S/C20H17N7O/c21-18-10-17(19-20(22-18)24-26-23-19)28-12-15-14-8-4-5-9-16(14)27(25-15)11-13-6-2-1-3-7-13/h1-10H,11-12H2,(H3,21,22,23,24,26). The molecule has 3 heterocycles. The molecule has 0 aliphatic rings. The van der Waals surface area contributed by atoms with Crippen LogP contribution < -0.4 is 10.5 Å². The third-order valence-corrected chi connectivity index (χ3v) is 4.55. The Morgan fingerprint density at radius 2 is 1.82 bits per heavy atom. The lowest BCUT2D eigenvalue weighted by atomic mass is 10.2. The Labute approximate surface area is 160 Å². The van der Waals surface area contributed by atoms with E-state index in [-0.39, 0.29) is 6.61 Å². The Bertz CT molecular complexity index is 1260. The summed E-state index contributed by atoms with van der Waals surface area (Å²) >= 11 is 0. The van der Waals surface area contributed by atoms with Crippen molar-refractivity contribution in [2.45, 2.75) is 13.2 Å². The van der Waals surface area contributed by atoms with Crippen LogP contribution in [0, 0.1) is 0 Å². The van der Waals surface area contributed by atoms with E-state index in [1.165, 1.54) is 5.56 Å². The van der Waals surface area contributed by atoms with Gasteiger partial charge in [0.05, 0.1) is 12.1 Å². The van der Waals surface area contributed by atoms with Crippen LogP contribution in [-0.2, 0) is 13.2 Å². The first-order chi connectivity index (χ1) is 13.8. The van der Waals surface area contributed by atoms with Gasteiger partial charge in [0.25, 0.3) is 0 Å². The molecule has 28 heavy (non-hydrogen) atoms. The second-order valence-corrected chi connectivity index (χ2v) is 6.44. The zero-order valence-corrected chi connectivity index (χ0v) is 14.9. The molecule has 5 aromatic rings. The fraction of sp³-hybridized carbons (Fsp3) is 0.100. The van der Waals surface area contributed by atoms with Gasteiger partial charge < -0.3 is 10.5 Å². The van der Waals surface area contributed by atoms with Gasteiger partial charge in [-0.05, 0) is 11.6 Å². The number of rotatable bonds is 5. The molecule has 0 atom stereocenters. The minimum Gasteiger partial charge on any atom is -0.485 e. The molecule has 3 aromatic heterocycles. The molecule has 8 heteroatoms. The van der Waals surface area contributed by atoms with Crippen molar-refractivity contribution in [1.29, 1.82) is 0 Å².